The Hall–Kier alpha value is -5.42. The zero-order chi connectivity index (χ0) is 31.8. The molecule has 45 heavy (non-hydrogen) atoms. The number of ether oxygens (including phenoxy) is 5. The molecule has 1 fully saturated rings. The molecular weight excluding hydrogens is 590 g/mol. The monoisotopic (exact) mass is 616 g/mol. The van der Waals surface area contributed by atoms with Crippen molar-refractivity contribution < 1.29 is 51.6 Å². The molecule has 1 aliphatic heterocycles. The maximum Gasteiger partial charge on any atom is 0.340 e. The summed E-state index contributed by atoms with van der Waals surface area (Å²) < 4.78 is 58.5. The molecule has 9 nitrogen and oxygen atoms in total. The zero-order valence-corrected chi connectivity index (χ0v) is 23.5. The number of carbonyl (C=O) groups is 4. The van der Waals surface area contributed by atoms with Gasteiger partial charge in [-0.3, -0.25) is 0 Å². The molecule has 0 radical (unpaired) electrons. The van der Waals surface area contributed by atoms with Crippen molar-refractivity contribution >= 4 is 23.9 Å². The molecule has 1 saturated heterocycles. The summed E-state index contributed by atoms with van der Waals surface area (Å²) in [5.74, 6) is -4.22. The van der Waals surface area contributed by atoms with E-state index in [9.17, 15) is 19.2 Å². The van der Waals surface area contributed by atoms with Gasteiger partial charge in [0.05, 0.1) is 22.3 Å². The predicted molar refractivity (Wildman–Crippen MR) is 153 cm³/mol. The highest BCUT2D eigenvalue weighted by molar-refractivity contribution is 5.92. The Balaban J connectivity index is 1.55. The van der Waals surface area contributed by atoms with Crippen LogP contribution in [0.4, 0.5) is 8.78 Å². The topological polar surface area (TPSA) is 114 Å². The molecular formula is C34H26F2O9. The Morgan fingerprint density at radius 2 is 1.00 bits per heavy atom. The minimum atomic E-state index is -3.64. The lowest BCUT2D eigenvalue weighted by Crippen LogP contribution is -2.60. The summed E-state index contributed by atoms with van der Waals surface area (Å²) in [6, 6.07) is 29.9. The molecule has 0 bridgehead atoms. The fraction of sp³-hybridized carbons (Fsp3) is 0.176. The van der Waals surface area contributed by atoms with E-state index in [2.05, 4.69) is 0 Å². The van der Waals surface area contributed by atoms with Crippen LogP contribution in [0.3, 0.4) is 0 Å². The number of rotatable bonds is 10. The number of hydrogen-bond acceptors (Lipinski definition) is 9. The van der Waals surface area contributed by atoms with Gasteiger partial charge in [0.2, 0.25) is 0 Å². The molecule has 0 saturated carbocycles. The van der Waals surface area contributed by atoms with Crippen LogP contribution in [0, 0.1) is 0 Å². The Kier molecular flexibility index (Phi) is 9.59. The van der Waals surface area contributed by atoms with E-state index in [4.69, 9.17) is 23.7 Å². The first-order valence-electron chi connectivity index (χ1n) is 13.8. The molecule has 230 valence electrons. The van der Waals surface area contributed by atoms with Gasteiger partial charge in [-0.2, -0.15) is 0 Å². The minimum Gasteiger partial charge on any atom is -0.459 e. The second-order valence-corrected chi connectivity index (χ2v) is 9.84. The maximum absolute atomic E-state index is 15.5. The van der Waals surface area contributed by atoms with Crippen LogP contribution in [0.5, 0.6) is 0 Å². The van der Waals surface area contributed by atoms with Crippen molar-refractivity contribution in [3.63, 3.8) is 0 Å². The number of benzene rings is 4. The van der Waals surface area contributed by atoms with E-state index in [-0.39, 0.29) is 22.3 Å². The lowest BCUT2D eigenvalue weighted by atomic mass is 9.94. The average Bonchev–Trinajstić information content (AvgIpc) is 3.36. The van der Waals surface area contributed by atoms with Crippen molar-refractivity contribution in [2.45, 2.75) is 30.5 Å². The summed E-state index contributed by atoms with van der Waals surface area (Å²) in [6.07, 6.45) is -9.72. The fourth-order valence-electron chi connectivity index (χ4n) is 4.66. The molecule has 11 heteroatoms. The summed E-state index contributed by atoms with van der Waals surface area (Å²) in [6.45, 7) is -0.739. The van der Waals surface area contributed by atoms with Gasteiger partial charge >= 0.3 is 23.9 Å². The van der Waals surface area contributed by atoms with Crippen LogP contribution in [0.25, 0.3) is 0 Å². The third-order valence-corrected chi connectivity index (χ3v) is 6.92. The molecule has 4 aromatic rings. The van der Waals surface area contributed by atoms with Crippen LogP contribution in [0.15, 0.2) is 121 Å². The van der Waals surface area contributed by atoms with Crippen molar-refractivity contribution in [3.05, 3.63) is 144 Å². The van der Waals surface area contributed by atoms with Crippen LogP contribution in [0.1, 0.15) is 41.4 Å². The van der Waals surface area contributed by atoms with E-state index in [0.29, 0.717) is 0 Å². The largest absolute Gasteiger partial charge is 0.459 e. The number of alkyl halides is 2. The molecule has 1 unspecified atom stereocenters. The summed E-state index contributed by atoms with van der Waals surface area (Å²) in [5, 5.41) is 0. The minimum absolute atomic E-state index is 0.0141. The molecule has 0 spiro atoms. The van der Waals surface area contributed by atoms with E-state index in [0.717, 1.165) is 0 Å². The lowest BCUT2D eigenvalue weighted by molar-refractivity contribution is -0.226. The maximum atomic E-state index is 15.5. The van der Waals surface area contributed by atoms with Crippen molar-refractivity contribution in [2.24, 2.45) is 0 Å². The quantitative estimate of drug-likeness (QED) is 0.168. The molecule has 1 heterocycles. The lowest BCUT2D eigenvalue weighted by Gasteiger charge is -2.35. The molecule has 4 aromatic carbocycles. The van der Waals surface area contributed by atoms with E-state index < -0.39 is 61.0 Å². The van der Waals surface area contributed by atoms with E-state index in [1.807, 2.05) is 0 Å². The van der Waals surface area contributed by atoms with Gasteiger partial charge in [-0.25, -0.2) is 28.0 Å². The Bertz CT molecular complexity index is 1620. The van der Waals surface area contributed by atoms with Gasteiger partial charge < -0.3 is 23.7 Å². The molecule has 0 N–H and O–H groups in total. The van der Waals surface area contributed by atoms with Gasteiger partial charge in [-0.1, -0.05) is 72.8 Å². The number of carbonyl (C=O) groups excluding carboxylic acids is 4. The predicted octanol–water partition coefficient (Wildman–Crippen LogP) is 5.51. The highest BCUT2D eigenvalue weighted by atomic mass is 19.3. The molecule has 1 aliphatic rings. The smallest absolute Gasteiger partial charge is 0.340 e. The molecule has 5 rings (SSSR count). The number of hydrogen-bond donors (Lipinski definition) is 0. The van der Waals surface area contributed by atoms with Gasteiger partial charge in [0.15, 0.2) is 6.10 Å². The van der Waals surface area contributed by atoms with Crippen LogP contribution in [-0.4, -0.2) is 61.0 Å². The van der Waals surface area contributed by atoms with Gasteiger partial charge in [-0.05, 0) is 48.5 Å². The van der Waals surface area contributed by atoms with E-state index in [1.54, 1.807) is 36.4 Å². The summed E-state index contributed by atoms with van der Waals surface area (Å²) in [5.41, 5.74) is -3.19. The number of halogens is 2. The number of esters is 4. The van der Waals surface area contributed by atoms with Crippen molar-refractivity contribution in [1.29, 1.82) is 0 Å². The van der Waals surface area contributed by atoms with Crippen LogP contribution in [0.2, 0.25) is 0 Å². The SMILES string of the molecule is O=C(OC[C@H]1OC(OC(=O)c2ccccc2)[C@@](OC(=O)c2ccccc2)(C(F)F)[C@@H]1OC(=O)c1ccccc1)c1ccccc1. The van der Waals surface area contributed by atoms with Crippen LogP contribution < -0.4 is 0 Å². The molecule has 0 aliphatic carbocycles. The Morgan fingerprint density at radius 1 is 0.600 bits per heavy atom. The fourth-order valence-corrected chi connectivity index (χ4v) is 4.66. The molecule has 0 aromatic heterocycles. The molecule has 0 amide bonds. The van der Waals surface area contributed by atoms with Gasteiger partial charge in [0, 0.05) is 0 Å². The van der Waals surface area contributed by atoms with Crippen LogP contribution >= 0.6 is 0 Å². The van der Waals surface area contributed by atoms with Crippen molar-refractivity contribution in [2.75, 3.05) is 6.61 Å². The summed E-state index contributed by atoms with van der Waals surface area (Å²) in [4.78, 5) is 52.4. The van der Waals surface area contributed by atoms with Crippen molar-refractivity contribution in [1.82, 2.24) is 0 Å². The normalized spacial score (nSPS) is 20.6. The standard InChI is InChI=1S/C34H26F2O9/c35-32(36)34(45-31(40)25-19-11-4-12-20-25)27(43-29(38)23-15-7-2-8-16-23)26(21-41-28(37)22-13-5-1-6-14-22)42-33(34)44-30(39)24-17-9-3-10-18-24/h1-20,26-27,32-33H,21H2/t26-,27-,33?,34+/m1/s1. The first-order chi connectivity index (χ1) is 21.8. The molecule has 4 atom stereocenters. The first kappa shape index (κ1) is 31.0. The van der Waals surface area contributed by atoms with Gasteiger partial charge in [-0.15, -0.1) is 0 Å². The second-order valence-electron chi connectivity index (χ2n) is 9.84. The van der Waals surface area contributed by atoms with Crippen LogP contribution in [-0.2, 0) is 23.7 Å². The second kappa shape index (κ2) is 13.9. The third-order valence-electron chi connectivity index (χ3n) is 6.92. The van der Waals surface area contributed by atoms with Crippen molar-refractivity contribution in [3.8, 4) is 0 Å². The zero-order valence-electron chi connectivity index (χ0n) is 23.5. The van der Waals surface area contributed by atoms with Gasteiger partial charge in [0.25, 0.3) is 18.3 Å². The summed E-state index contributed by atoms with van der Waals surface area (Å²) >= 11 is 0. The van der Waals surface area contributed by atoms with E-state index in [1.165, 1.54) is 84.9 Å². The highest BCUT2D eigenvalue weighted by Gasteiger charge is 2.70. The van der Waals surface area contributed by atoms with E-state index >= 15 is 8.78 Å². The third kappa shape index (κ3) is 6.89. The first-order valence-corrected chi connectivity index (χ1v) is 13.8. The Morgan fingerprint density at radius 3 is 1.44 bits per heavy atom. The average molecular weight is 617 g/mol. The Labute approximate surface area is 256 Å². The summed E-state index contributed by atoms with van der Waals surface area (Å²) in [7, 11) is 0. The van der Waals surface area contributed by atoms with Gasteiger partial charge in [0.1, 0.15) is 12.7 Å². The highest BCUT2D eigenvalue weighted by Crippen LogP contribution is 2.43.